The van der Waals surface area contributed by atoms with Crippen molar-refractivity contribution in [2.24, 2.45) is 0 Å². The molecule has 0 spiro atoms. The fraction of sp³-hybridized carbons (Fsp3) is 0.118. The number of carbonyl (C=O) groups is 2. The Hall–Kier alpha value is -2.84. The summed E-state index contributed by atoms with van der Waals surface area (Å²) in [5.41, 5.74) is 2.13. The quantitative estimate of drug-likeness (QED) is 0.824. The Kier molecular flexibility index (Phi) is 5.34. The molecule has 0 aliphatic rings. The minimum atomic E-state index is -0.265. The minimum absolute atomic E-state index is 0.0367. The molecule has 0 saturated heterocycles. The monoisotopic (exact) mass is 327 g/mol. The number of anilines is 2. The van der Waals surface area contributed by atoms with Gasteiger partial charge in [-0.2, -0.15) is 5.26 Å². The third-order valence-corrected chi connectivity index (χ3v) is 3.41. The van der Waals surface area contributed by atoms with Crippen LogP contribution in [0.5, 0.6) is 0 Å². The number of nitrogens with zero attached hydrogens (tertiary/aromatic N) is 1. The van der Waals surface area contributed by atoms with E-state index in [1.54, 1.807) is 36.4 Å². The number of hydrogen-bond acceptors (Lipinski definition) is 4. The summed E-state index contributed by atoms with van der Waals surface area (Å²) in [7, 11) is 0. The number of nitrogens with one attached hydrogen (secondary N) is 2. The van der Waals surface area contributed by atoms with Gasteiger partial charge >= 0.3 is 0 Å². The van der Waals surface area contributed by atoms with Gasteiger partial charge in [0.2, 0.25) is 5.91 Å². The SMILES string of the molecule is CC(=O)c1cccc(NCC(=O)Nc2ccc(C#N)c(Cl)c2)c1. The Morgan fingerprint density at radius 2 is 1.96 bits per heavy atom. The lowest BCUT2D eigenvalue weighted by atomic mass is 10.1. The van der Waals surface area contributed by atoms with Crippen molar-refractivity contribution in [1.82, 2.24) is 0 Å². The standard InChI is InChI=1S/C17H14ClN3O2/c1-11(22)12-3-2-4-14(7-12)20-10-17(23)21-15-6-5-13(9-19)16(18)8-15/h2-8,20H,10H2,1H3,(H,21,23). The van der Waals surface area contributed by atoms with Gasteiger partial charge in [0.25, 0.3) is 0 Å². The Balaban J connectivity index is 1.95. The first-order valence-corrected chi connectivity index (χ1v) is 7.22. The maximum absolute atomic E-state index is 11.9. The molecule has 2 rings (SSSR count). The summed E-state index contributed by atoms with van der Waals surface area (Å²) in [6, 6.07) is 13.6. The molecule has 2 N–H and O–H groups in total. The highest BCUT2D eigenvalue weighted by Gasteiger charge is 2.06. The Bertz CT molecular complexity index is 797. The molecule has 0 bridgehead atoms. The van der Waals surface area contributed by atoms with Crippen LogP contribution >= 0.6 is 11.6 Å². The van der Waals surface area contributed by atoms with Crippen molar-refractivity contribution in [3.8, 4) is 6.07 Å². The molecular formula is C17H14ClN3O2. The van der Waals surface area contributed by atoms with Crippen LogP contribution in [0.25, 0.3) is 0 Å². The molecule has 23 heavy (non-hydrogen) atoms. The lowest BCUT2D eigenvalue weighted by Gasteiger charge is -2.09. The summed E-state index contributed by atoms with van der Waals surface area (Å²) < 4.78 is 0. The largest absolute Gasteiger partial charge is 0.376 e. The van der Waals surface area contributed by atoms with E-state index in [1.165, 1.54) is 13.0 Å². The number of rotatable bonds is 5. The number of ketones is 1. The van der Waals surface area contributed by atoms with Gasteiger partial charge in [-0.3, -0.25) is 9.59 Å². The van der Waals surface area contributed by atoms with E-state index < -0.39 is 0 Å². The van der Waals surface area contributed by atoms with Crippen molar-refractivity contribution in [3.05, 3.63) is 58.6 Å². The van der Waals surface area contributed by atoms with E-state index >= 15 is 0 Å². The topological polar surface area (TPSA) is 82.0 Å². The van der Waals surface area contributed by atoms with Crippen molar-refractivity contribution in [1.29, 1.82) is 5.26 Å². The van der Waals surface area contributed by atoms with Crippen LogP contribution in [-0.4, -0.2) is 18.2 Å². The first-order chi connectivity index (χ1) is 11.0. The number of amides is 1. The van der Waals surface area contributed by atoms with Gasteiger partial charge in [0.1, 0.15) is 6.07 Å². The zero-order valence-corrected chi connectivity index (χ0v) is 13.1. The molecule has 0 atom stereocenters. The minimum Gasteiger partial charge on any atom is -0.376 e. The molecule has 1 amide bonds. The van der Waals surface area contributed by atoms with Crippen LogP contribution in [0.3, 0.4) is 0 Å². The van der Waals surface area contributed by atoms with E-state index in [4.69, 9.17) is 16.9 Å². The number of Topliss-reactive ketones (excluding diaryl/α,β-unsaturated/α-hetero) is 1. The third-order valence-electron chi connectivity index (χ3n) is 3.10. The maximum Gasteiger partial charge on any atom is 0.243 e. The van der Waals surface area contributed by atoms with Crippen molar-refractivity contribution in [3.63, 3.8) is 0 Å². The fourth-order valence-electron chi connectivity index (χ4n) is 1.92. The molecule has 2 aromatic carbocycles. The van der Waals surface area contributed by atoms with Gasteiger partial charge in [0.05, 0.1) is 17.1 Å². The zero-order valence-electron chi connectivity index (χ0n) is 12.4. The van der Waals surface area contributed by atoms with Crippen LogP contribution in [-0.2, 0) is 4.79 Å². The van der Waals surface area contributed by atoms with Crippen molar-refractivity contribution < 1.29 is 9.59 Å². The molecule has 0 saturated carbocycles. The van der Waals surface area contributed by atoms with E-state index in [0.717, 1.165) is 0 Å². The molecule has 0 radical (unpaired) electrons. The number of carbonyl (C=O) groups excluding carboxylic acids is 2. The van der Waals surface area contributed by atoms with Crippen LogP contribution in [0, 0.1) is 11.3 Å². The van der Waals surface area contributed by atoms with Crippen molar-refractivity contribution in [2.75, 3.05) is 17.2 Å². The fourth-order valence-corrected chi connectivity index (χ4v) is 2.14. The molecule has 0 fully saturated rings. The molecule has 6 heteroatoms. The molecule has 116 valence electrons. The second-order valence-corrected chi connectivity index (χ2v) is 5.25. The Labute approximate surface area is 138 Å². The maximum atomic E-state index is 11.9. The molecule has 0 aliphatic carbocycles. The lowest BCUT2D eigenvalue weighted by molar-refractivity contribution is -0.114. The first kappa shape index (κ1) is 16.5. The van der Waals surface area contributed by atoms with E-state index in [9.17, 15) is 9.59 Å². The van der Waals surface area contributed by atoms with Crippen LogP contribution in [0.4, 0.5) is 11.4 Å². The number of halogens is 1. The summed E-state index contributed by atoms with van der Waals surface area (Å²) in [5.74, 6) is -0.302. The Morgan fingerprint density at radius 1 is 1.17 bits per heavy atom. The Morgan fingerprint density at radius 3 is 2.61 bits per heavy atom. The molecule has 5 nitrogen and oxygen atoms in total. The zero-order chi connectivity index (χ0) is 16.8. The van der Waals surface area contributed by atoms with Gasteiger partial charge in [-0.1, -0.05) is 23.7 Å². The lowest BCUT2D eigenvalue weighted by Crippen LogP contribution is -2.21. The highest BCUT2D eigenvalue weighted by atomic mass is 35.5. The number of nitriles is 1. The van der Waals surface area contributed by atoms with E-state index in [1.807, 2.05) is 6.07 Å². The van der Waals surface area contributed by atoms with Crippen LogP contribution in [0.1, 0.15) is 22.8 Å². The second-order valence-electron chi connectivity index (χ2n) is 4.85. The molecule has 2 aromatic rings. The van der Waals surface area contributed by atoms with Crippen LogP contribution in [0.15, 0.2) is 42.5 Å². The van der Waals surface area contributed by atoms with E-state index in [2.05, 4.69) is 10.6 Å². The van der Waals surface area contributed by atoms with Gasteiger partial charge in [-0.15, -0.1) is 0 Å². The van der Waals surface area contributed by atoms with E-state index in [0.29, 0.717) is 22.5 Å². The second kappa shape index (κ2) is 7.43. The third kappa shape index (κ3) is 4.56. The highest BCUT2D eigenvalue weighted by Crippen LogP contribution is 2.20. The number of hydrogen-bond donors (Lipinski definition) is 2. The summed E-state index contributed by atoms with van der Waals surface area (Å²) >= 11 is 5.91. The smallest absolute Gasteiger partial charge is 0.243 e. The summed E-state index contributed by atoms with van der Waals surface area (Å²) in [6.07, 6.45) is 0. The van der Waals surface area contributed by atoms with Crippen LogP contribution in [0.2, 0.25) is 5.02 Å². The van der Waals surface area contributed by atoms with E-state index in [-0.39, 0.29) is 23.3 Å². The van der Waals surface area contributed by atoms with Gasteiger partial charge in [0, 0.05) is 16.9 Å². The highest BCUT2D eigenvalue weighted by molar-refractivity contribution is 6.32. The predicted octanol–water partition coefficient (Wildman–Crippen LogP) is 3.46. The van der Waals surface area contributed by atoms with Crippen molar-refractivity contribution in [2.45, 2.75) is 6.92 Å². The van der Waals surface area contributed by atoms with Gasteiger partial charge in [-0.05, 0) is 37.3 Å². The summed E-state index contributed by atoms with van der Waals surface area (Å²) in [5, 5.41) is 14.7. The normalized spacial score (nSPS) is 9.78. The van der Waals surface area contributed by atoms with Gasteiger partial charge in [-0.25, -0.2) is 0 Å². The summed E-state index contributed by atoms with van der Waals surface area (Å²) in [6.45, 7) is 1.53. The first-order valence-electron chi connectivity index (χ1n) is 6.84. The average molecular weight is 328 g/mol. The molecule has 0 aromatic heterocycles. The molecule has 0 unspecified atom stereocenters. The van der Waals surface area contributed by atoms with Crippen LogP contribution < -0.4 is 10.6 Å². The van der Waals surface area contributed by atoms with Crippen molar-refractivity contribution >= 4 is 34.7 Å². The summed E-state index contributed by atoms with van der Waals surface area (Å²) in [4.78, 5) is 23.2. The predicted molar refractivity (Wildman–Crippen MR) is 89.7 cm³/mol. The molecule has 0 aliphatic heterocycles. The van der Waals surface area contributed by atoms with Gasteiger partial charge < -0.3 is 10.6 Å². The average Bonchev–Trinajstić information content (AvgIpc) is 2.53. The molecular weight excluding hydrogens is 314 g/mol. The number of benzene rings is 2. The van der Waals surface area contributed by atoms with Gasteiger partial charge in [0.15, 0.2) is 5.78 Å². The molecule has 0 heterocycles.